The summed E-state index contributed by atoms with van der Waals surface area (Å²) in [5.41, 5.74) is 0.838. The number of aromatic nitrogens is 1. The molecule has 1 aromatic carbocycles. The molecule has 1 amide bonds. The summed E-state index contributed by atoms with van der Waals surface area (Å²) in [6.07, 6.45) is 3.68. The summed E-state index contributed by atoms with van der Waals surface area (Å²) >= 11 is 5.80. The molecule has 0 bridgehead atoms. The standard InChI is InChI=1S/C18H22ClN3O3S/c1-13(2)10-17(18(23)21-12-14-4-3-9-20-11-14)22-26(24,25)16-7-5-15(19)6-8-16/h3-9,11,13,17,22H,10,12H2,1-2H3,(H,21,23)/t17-/m1/s1. The third-order valence-corrected chi connectivity index (χ3v) is 5.37. The molecule has 0 unspecified atom stereocenters. The normalized spacial score (nSPS) is 12.8. The summed E-state index contributed by atoms with van der Waals surface area (Å²) < 4.78 is 27.6. The van der Waals surface area contributed by atoms with Crippen molar-refractivity contribution in [3.8, 4) is 0 Å². The van der Waals surface area contributed by atoms with Crippen molar-refractivity contribution in [2.24, 2.45) is 5.92 Å². The first kappa shape index (κ1) is 20.4. The Hall–Kier alpha value is -1.96. The third kappa shape index (κ3) is 6.09. The van der Waals surface area contributed by atoms with Crippen molar-refractivity contribution < 1.29 is 13.2 Å². The van der Waals surface area contributed by atoms with Crippen LogP contribution in [-0.2, 0) is 21.4 Å². The second-order valence-corrected chi connectivity index (χ2v) is 8.49. The number of hydrogen-bond acceptors (Lipinski definition) is 4. The first-order chi connectivity index (χ1) is 12.3. The van der Waals surface area contributed by atoms with Crippen LogP contribution in [-0.4, -0.2) is 25.4 Å². The van der Waals surface area contributed by atoms with E-state index in [9.17, 15) is 13.2 Å². The fraction of sp³-hybridized carbons (Fsp3) is 0.333. The Labute approximate surface area is 159 Å². The van der Waals surface area contributed by atoms with Crippen LogP contribution in [0.25, 0.3) is 0 Å². The minimum Gasteiger partial charge on any atom is -0.351 e. The Kier molecular flexibility index (Phi) is 7.14. The molecule has 1 aromatic heterocycles. The first-order valence-electron chi connectivity index (χ1n) is 8.22. The highest BCUT2D eigenvalue weighted by Crippen LogP contribution is 2.16. The van der Waals surface area contributed by atoms with Crippen LogP contribution in [0.15, 0.2) is 53.7 Å². The van der Waals surface area contributed by atoms with Crippen molar-refractivity contribution in [1.29, 1.82) is 0 Å². The van der Waals surface area contributed by atoms with E-state index in [1.165, 1.54) is 24.3 Å². The number of pyridine rings is 1. The van der Waals surface area contributed by atoms with Crippen LogP contribution in [0.3, 0.4) is 0 Å². The van der Waals surface area contributed by atoms with Gasteiger partial charge in [-0.05, 0) is 48.2 Å². The fourth-order valence-corrected chi connectivity index (χ4v) is 3.70. The second-order valence-electron chi connectivity index (χ2n) is 6.34. The van der Waals surface area contributed by atoms with Gasteiger partial charge in [0.2, 0.25) is 15.9 Å². The van der Waals surface area contributed by atoms with E-state index in [1.54, 1.807) is 18.5 Å². The Morgan fingerprint density at radius 1 is 1.19 bits per heavy atom. The van der Waals surface area contributed by atoms with Crippen LogP contribution in [0.5, 0.6) is 0 Å². The van der Waals surface area contributed by atoms with Crippen molar-refractivity contribution in [3.63, 3.8) is 0 Å². The maximum atomic E-state index is 12.6. The number of amides is 1. The Morgan fingerprint density at radius 2 is 1.88 bits per heavy atom. The predicted molar refractivity (Wildman–Crippen MR) is 101 cm³/mol. The van der Waals surface area contributed by atoms with Crippen LogP contribution in [0.1, 0.15) is 25.8 Å². The molecule has 26 heavy (non-hydrogen) atoms. The topological polar surface area (TPSA) is 88.2 Å². The van der Waals surface area contributed by atoms with Gasteiger partial charge in [-0.25, -0.2) is 8.42 Å². The number of rotatable bonds is 8. The van der Waals surface area contributed by atoms with Crippen molar-refractivity contribution in [2.45, 2.75) is 37.8 Å². The van der Waals surface area contributed by atoms with E-state index in [0.29, 0.717) is 11.4 Å². The van der Waals surface area contributed by atoms with E-state index in [1.807, 2.05) is 19.9 Å². The Balaban J connectivity index is 2.10. The number of nitrogens with one attached hydrogen (secondary N) is 2. The molecular formula is C18H22ClN3O3S. The highest BCUT2D eigenvalue weighted by atomic mass is 35.5. The number of benzene rings is 1. The molecule has 0 fully saturated rings. The monoisotopic (exact) mass is 395 g/mol. The maximum Gasteiger partial charge on any atom is 0.241 e. The van der Waals surface area contributed by atoms with E-state index < -0.39 is 16.1 Å². The molecule has 2 aromatic rings. The quantitative estimate of drug-likeness (QED) is 0.719. The largest absolute Gasteiger partial charge is 0.351 e. The molecule has 2 N–H and O–H groups in total. The summed E-state index contributed by atoms with van der Waals surface area (Å²) in [6, 6.07) is 8.55. The van der Waals surface area contributed by atoms with E-state index >= 15 is 0 Å². The summed E-state index contributed by atoms with van der Waals surface area (Å²) in [7, 11) is -3.83. The van der Waals surface area contributed by atoms with Gasteiger partial charge in [-0.2, -0.15) is 4.72 Å². The van der Waals surface area contributed by atoms with Gasteiger partial charge < -0.3 is 5.32 Å². The predicted octanol–water partition coefficient (Wildman–Crippen LogP) is 2.74. The van der Waals surface area contributed by atoms with Gasteiger partial charge in [0, 0.05) is 24.0 Å². The van der Waals surface area contributed by atoms with Crippen LogP contribution in [0, 0.1) is 5.92 Å². The number of halogens is 1. The molecule has 0 radical (unpaired) electrons. The Morgan fingerprint density at radius 3 is 2.46 bits per heavy atom. The summed E-state index contributed by atoms with van der Waals surface area (Å²) in [5, 5.41) is 3.20. The molecule has 0 spiro atoms. The second kappa shape index (κ2) is 9.12. The van der Waals surface area contributed by atoms with Crippen molar-refractivity contribution in [2.75, 3.05) is 0 Å². The number of hydrogen-bond donors (Lipinski definition) is 2. The Bertz CT molecular complexity index is 825. The van der Waals surface area contributed by atoms with E-state index in [2.05, 4.69) is 15.0 Å². The lowest BCUT2D eigenvalue weighted by atomic mass is 10.0. The van der Waals surface area contributed by atoms with Crippen LogP contribution in [0.4, 0.5) is 0 Å². The molecule has 0 saturated heterocycles. The number of nitrogens with zero attached hydrogens (tertiary/aromatic N) is 1. The third-order valence-electron chi connectivity index (χ3n) is 3.63. The lowest BCUT2D eigenvalue weighted by molar-refractivity contribution is -0.123. The smallest absolute Gasteiger partial charge is 0.241 e. The molecule has 1 heterocycles. The zero-order valence-corrected chi connectivity index (χ0v) is 16.2. The van der Waals surface area contributed by atoms with Gasteiger partial charge in [0.15, 0.2) is 0 Å². The molecule has 2 rings (SSSR count). The van der Waals surface area contributed by atoms with Crippen molar-refractivity contribution in [3.05, 3.63) is 59.4 Å². The molecule has 0 aliphatic carbocycles. The van der Waals surface area contributed by atoms with Crippen molar-refractivity contribution >= 4 is 27.5 Å². The zero-order valence-electron chi connectivity index (χ0n) is 14.6. The maximum absolute atomic E-state index is 12.6. The lowest BCUT2D eigenvalue weighted by Gasteiger charge is -2.20. The van der Waals surface area contributed by atoms with Gasteiger partial charge in [0.05, 0.1) is 4.90 Å². The molecule has 8 heteroatoms. The minimum atomic E-state index is -3.83. The van der Waals surface area contributed by atoms with Gasteiger partial charge >= 0.3 is 0 Å². The zero-order chi connectivity index (χ0) is 19.2. The average Bonchev–Trinajstić information content (AvgIpc) is 2.60. The summed E-state index contributed by atoms with van der Waals surface area (Å²) in [5.74, 6) is -0.239. The summed E-state index contributed by atoms with van der Waals surface area (Å²) in [6.45, 7) is 4.14. The van der Waals surface area contributed by atoms with Crippen molar-refractivity contribution in [1.82, 2.24) is 15.0 Å². The highest BCUT2D eigenvalue weighted by molar-refractivity contribution is 7.89. The SMILES string of the molecule is CC(C)C[C@@H](NS(=O)(=O)c1ccc(Cl)cc1)C(=O)NCc1cccnc1. The van der Waals surface area contributed by atoms with Gasteiger partial charge in [-0.15, -0.1) is 0 Å². The lowest BCUT2D eigenvalue weighted by Crippen LogP contribution is -2.47. The molecular weight excluding hydrogens is 374 g/mol. The molecule has 0 aliphatic heterocycles. The van der Waals surface area contributed by atoms with Crippen LogP contribution in [0.2, 0.25) is 5.02 Å². The van der Waals surface area contributed by atoms with E-state index in [4.69, 9.17) is 11.6 Å². The molecule has 140 valence electrons. The minimum absolute atomic E-state index is 0.0655. The first-order valence-corrected chi connectivity index (χ1v) is 10.1. The van der Waals surface area contributed by atoms with E-state index in [-0.39, 0.29) is 23.3 Å². The van der Waals surface area contributed by atoms with Crippen LogP contribution < -0.4 is 10.0 Å². The average molecular weight is 396 g/mol. The van der Waals surface area contributed by atoms with Gasteiger partial charge in [-0.3, -0.25) is 9.78 Å². The highest BCUT2D eigenvalue weighted by Gasteiger charge is 2.26. The molecule has 6 nitrogen and oxygen atoms in total. The summed E-state index contributed by atoms with van der Waals surface area (Å²) in [4.78, 5) is 16.6. The fourth-order valence-electron chi connectivity index (χ4n) is 2.36. The van der Waals surface area contributed by atoms with Gasteiger partial charge in [0.25, 0.3) is 0 Å². The molecule has 1 atom stereocenters. The molecule has 0 saturated carbocycles. The number of sulfonamides is 1. The molecule has 0 aliphatic rings. The van der Waals surface area contributed by atoms with Crippen LogP contribution >= 0.6 is 11.6 Å². The number of carbonyl (C=O) groups excluding carboxylic acids is 1. The van der Waals surface area contributed by atoms with Gasteiger partial charge in [-0.1, -0.05) is 31.5 Å². The van der Waals surface area contributed by atoms with Gasteiger partial charge in [0.1, 0.15) is 6.04 Å². The number of carbonyl (C=O) groups is 1. The van der Waals surface area contributed by atoms with E-state index in [0.717, 1.165) is 5.56 Å².